The van der Waals surface area contributed by atoms with Crippen LogP contribution >= 0.6 is 11.3 Å². The Kier molecular flexibility index (Phi) is 5.49. The number of ketones is 1. The highest BCUT2D eigenvalue weighted by molar-refractivity contribution is 7.14. The van der Waals surface area contributed by atoms with Gasteiger partial charge in [0, 0.05) is 23.6 Å². The van der Waals surface area contributed by atoms with Crippen LogP contribution in [-0.2, 0) is 16.0 Å². The highest BCUT2D eigenvalue weighted by atomic mass is 32.1. The molecule has 8 nitrogen and oxygen atoms in total. The Bertz CT molecular complexity index is 1320. The number of anilines is 1. The number of aliphatic hydroxyl groups excluding tert-OH is 1. The Balaban J connectivity index is 1.69. The molecule has 1 amide bonds. The van der Waals surface area contributed by atoms with Gasteiger partial charge in [0.25, 0.3) is 5.78 Å². The van der Waals surface area contributed by atoms with Crippen LogP contribution in [-0.4, -0.2) is 42.1 Å². The highest BCUT2D eigenvalue weighted by Crippen LogP contribution is 2.45. The van der Waals surface area contributed by atoms with Gasteiger partial charge in [-0.2, -0.15) is 0 Å². The molecule has 5 rings (SSSR count). The molecule has 34 heavy (non-hydrogen) atoms. The van der Waals surface area contributed by atoms with E-state index < -0.39 is 17.7 Å². The quantitative estimate of drug-likeness (QED) is 0.335. The number of Topliss-reactive ketones (excluding diaryl/α,β-unsaturated/α-hetero) is 1. The molecule has 2 aliphatic rings. The smallest absolute Gasteiger partial charge is 0.301 e. The summed E-state index contributed by atoms with van der Waals surface area (Å²) >= 11 is 1.23. The van der Waals surface area contributed by atoms with Crippen LogP contribution in [0.15, 0.2) is 53.5 Å². The SMILES string of the molecule is COc1ccc([C@@H]2C(=C(O)c3ccc4c(c3)C[C@@H](C)O4)C(=O)C(=O)N2c2nccs2)cc1OC. The van der Waals surface area contributed by atoms with E-state index in [9.17, 15) is 14.7 Å². The number of thiazole rings is 1. The highest BCUT2D eigenvalue weighted by Gasteiger charge is 2.48. The molecule has 1 fully saturated rings. The number of hydrogen-bond acceptors (Lipinski definition) is 8. The normalized spacial score (nSPS) is 20.9. The minimum atomic E-state index is -0.894. The van der Waals surface area contributed by atoms with Gasteiger partial charge in [-0.15, -0.1) is 11.3 Å². The molecule has 0 unspecified atom stereocenters. The van der Waals surface area contributed by atoms with E-state index in [2.05, 4.69) is 4.98 Å². The van der Waals surface area contributed by atoms with Crippen LogP contribution in [0.1, 0.15) is 29.7 Å². The summed E-state index contributed by atoms with van der Waals surface area (Å²) in [7, 11) is 3.03. The number of benzene rings is 2. The van der Waals surface area contributed by atoms with Gasteiger partial charge in [-0.25, -0.2) is 4.98 Å². The summed E-state index contributed by atoms with van der Waals surface area (Å²) in [6, 6.07) is 9.51. The average Bonchev–Trinajstić information content (AvgIpc) is 3.56. The number of aliphatic hydroxyl groups is 1. The van der Waals surface area contributed by atoms with Crippen molar-refractivity contribution in [1.82, 2.24) is 4.98 Å². The molecule has 1 aromatic heterocycles. The molecule has 3 heterocycles. The maximum atomic E-state index is 13.3. The molecule has 0 bridgehead atoms. The summed E-state index contributed by atoms with van der Waals surface area (Å²) in [5.41, 5.74) is 1.94. The second-order valence-corrected chi connectivity index (χ2v) is 8.93. The van der Waals surface area contributed by atoms with E-state index in [4.69, 9.17) is 14.2 Å². The predicted molar refractivity (Wildman–Crippen MR) is 127 cm³/mol. The third-order valence-corrected chi connectivity index (χ3v) is 6.73. The topological polar surface area (TPSA) is 98.2 Å². The zero-order valence-electron chi connectivity index (χ0n) is 18.8. The molecule has 2 atom stereocenters. The van der Waals surface area contributed by atoms with Crippen molar-refractivity contribution in [3.05, 3.63) is 70.2 Å². The Morgan fingerprint density at radius 3 is 2.65 bits per heavy atom. The molecule has 2 aromatic carbocycles. The zero-order valence-corrected chi connectivity index (χ0v) is 19.6. The fourth-order valence-electron chi connectivity index (χ4n) is 4.43. The molecule has 3 aromatic rings. The molecule has 1 saturated heterocycles. The summed E-state index contributed by atoms with van der Waals surface area (Å²) < 4.78 is 16.5. The fourth-order valence-corrected chi connectivity index (χ4v) is 5.09. The molecule has 174 valence electrons. The van der Waals surface area contributed by atoms with E-state index in [0.717, 1.165) is 11.3 Å². The van der Waals surface area contributed by atoms with Crippen molar-refractivity contribution >= 4 is 33.9 Å². The number of amides is 1. The molecule has 0 spiro atoms. The van der Waals surface area contributed by atoms with Gasteiger partial charge in [0.15, 0.2) is 16.6 Å². The van der Waals surface area contributed by atoms with Crippen LogP contribution in [0.4, 0.5) is 5.13 Å². The summed E-state index contributed by atoms with van der Waals surface area (Å²) in [6.45, 7) is 1.97. The summed E-state index contributed by atoms with van der Waals surface area (Å²) in [5.74, 6) is -0.0890. The number of aromatic nitrogens is 1. The van der Waals surface area contributed by atoms with E-state index in [0.29, 0.717) is 34.2 Å². The number of hydrogen-bond donors (Lipinski definition) is 1. The van der Waals surface area contributed by atoms with Crippen LogP contribution in [0.2, 0.25) is 0 Å². The van der Waals surface area contributed by atoms with Gasteiger partial charge in [0.2, 0.25) is 0 Å². The van der Waals surface area contributed by atoms with Crippen molar-refractivity contribution < 1.29 is 28.9 Å². The first kappa shape index (κ1) is 22.0. The Hall–Kier alpha value is -3.85. The minimum Gasteiger partial charge on any atom is -0.507 e. The van der Waals surface area contributed by atoms with Crippen molar-refractivity contribution in [2.24, 2.45) is 0 Å². The molecule has 1 N–H and O–H groups in total. The molecule has 2 aliphatic heterocycles. The molecular formula is C25H22N2O6S. The number of ether oxygens (including phenoxy) is 3. The average molecular weight is 479 g/mol. The van der Waals surface area contributed by atoms with Crippen molar-refractivity contribution in [1.29, 1.82) is 0 Å². The maximum Gasteiger partial charge on any atom is 0.301 e. The second kappa shape index (κ2) is 8.49. The van der Waals surface area contributed by atoms with E-state index >= 15 is 0 Å². The molecular weight excluding hydrogens is 456 g/mol. The van der Waals surface area contributed by atoms with E-state index in [1.165, 1.54) is 30.5 Å². The van der Waals surface area contributed by atoms with Crippen molar-refractivity contribution in [3.63, 3.8) is 0 Å². The molecule has 0 saturated carbocycles. The van der Waals surface area contributed by atoms with Crippen LogP contribution in [0, 0.1) is 0 Å². The molecule has 9 heteroatoms. The van der Waals surface area contributed by atoms with Gasteiger partial charge in [0.1, 0.15) is 17.6 Å². The Labute approximate surface area is 200 Å². The number of methoxy groups -OCH3 is 2. The van der Waals surface area contributed by atoms with Gasteiger partial charge < -0.3 is 19.3 Å². The molecule has 0 radical (unpaired) electrons. The first-order valence-electron chi connectivity index (χ1n) is 10.6. The van der Waals surface area contributed by atoms with Crippen LogP contribution in [0.5, 0.6) is 17.2 Å². The first-order chi connectivity index (χ1) is 16.4. The van der Waals surface area contributed by atoms with E-state index in [1.54, 1.807) is 48.0 Å². The van der Waals surface area contributed by atoms with Gasteiger partial charge in [-0.05, 0) is 48.4 Å². The second-order valence-electron chi connectivity index (χ2n) is 8.05. The zero-order chi connectivity index (χ0) is 24.0. The van der Waals surface area contributed by atoms with Crippen molar-refractivity contribution in [2.75, 3.05) is 19.1 Å². The number of rotatable bonds is 5. The number of fused-ring (bicyclic) bond motifs is 1. The lowest BCUT2D eigenvalue weighted by Crippen LogP contribution is -2.29. The lowest BCUT2D eigenvalue weighted by molar-refractivity contribution is -0.132. The maximum absolute atomic E-state index is 13.3. The predicted octanol–water partition coefficient (Wildman–Crippen LogP) is 4.11. The van der Waals surface area contributed by atoms with Crippen molar-refractivity contribution in [2.45, 2.75) is 25.5 Å². The van der Waals surface area contributed by atoms with Gasteiger partial charge in [-0.1, -0.05) is 6.07 Å². The fraction of sp³-hybridized carbons (Fsp3) is 0.240. The lowest BCUT2D eigenvalue weighted by Gasteiger charge is -2.23. The minimum absolute atomic E-state index is 0.0145. The van der Waals surface area contributed by atoms with Crippen molar-refractivity contribution in [3.8, 4) is 17.2 Å². The number of carbonyl (C=O) groups is 2. The van der Waals surface area contributed by atoms with Gasteiger partial charge >= 0.3 is 5.91 Å². The molecule has 0 aliphatic carbocycles. The monoisotopic (exact) mass is 478 g/mol. The van der Waals surface area contributed by atoms with E-state index in [-0.39, 0.29) is 17.4 Å². The van der Waals surface area contributed by atoms with E-state index in [1.807, 2.05) is 6.92 Å². The Morgan fingerprint density at radius 1 is 1.15 bits per heavy atom. The largest absolute Gasteiger partial charge is 0.507 e. The summed E-state index contributed by atoms with van der Waals surface area (Å²) in [6.07, 6.45) is 2.30. The number of nitrogens with zero attached hydrogens (tertiary/aromatic N) is 2. The van der Waals surface area contributed by atoms with Gasteiger partial charge in [0.05, 0.1) is 25.8 Å². The standard InChI is InChI=1S/C25H22N2O6S/c1-13-10-16-11-15(5-6-17(16)33-13)22(28)20-21(14-4-7-18(31-2)19(12-14)32-3)27(24(30)23(20)29)25-26-8-9-34-25/h4-9,11-13,21,28H,10H2,1-3H3/t13-,21-/m1/s1. The van der Waals surface area contributed by atoms with Crippen LogP contribution in [0.3, 0.4) is 0 Å². The van der Waals surface area contributed by atoms with Gasteiger partial charge in [-0.3, -0.25) is 14.5 Å². The first-order valence-corrected chi connectivity index (χ1v) is 11.5. The van der Waals surface area contributed by atoms with Crippen LogP contribution in [0.25, 0.3) is 5.76 Å². The third kappa shape index (κ3) is 3.49. The summed E-state index contributed by atoms with van der Waals surface area (Å²) in [4.78, 5) is 32.0. The Morgan fingerprint density at radius 2 is 1.94 bits per heavy atom. The summed E-state index contributed by atoms with van der Waals surface area (Å²) in [5, 5.41) is 13.4. The third-order valence-electron chi connectivity index (χ3n) is 5.96. The number of carbonyl (C=O) groups excluding carboxylic acids is 2. The lowest BCUT2D eigenvalue weighted by atomic mass is 9.94. The van der Waals surface area contributed by atoms with Crippen LogP contribution < -0.4 is 19.1 Å².